The smallest absolute Gasteiger partial charge is 0.330 e. The number of hydrogen-bond acceptors (Lipinski definition) is 4. The van der Waals surface area contributed by atoms with Crippen molar-refractivity contribution in [2.75, 3.05) is 26.2 Å². The number of carbonyl (C=O) groups is 2. The van der Waals surface area contributed by atoms with Crippen LogP contribution in [0.25, 0.3) is 0 Å². The van der Waals surface area contributed by atoms with Gasteiger partial charge in [-0.25, -0.2) is 4.79 Å². The summed E-state index contributed by atoms with van der Waals surface area (Å²) in [7, 11) is 0. The van der Waals surface area contributed by atoms with E-state index >= 15 is 0 Å². The van der Waals surface area contributed by atoms with E-state index in [1.54, 1.807) is 24.1 Å². The van der Waals surface area contributed by atoms with E-state index in [1.165, 1.54) is 0 Å². The molecule has 2 heterocycles. The van der Waals surface area contributed by atoms with E-state index in [0.29, 0.717) is 31.9 Å². The molecule has 1 atom stereocenters. The molecule has 2 rings (SSSR count). The molecule has 1 fully saturated rings. The number of rotatable bonds is 3. The number of esters is 1. The summed E-state index contributed by atoms with van der Waals surface area (Å²) in [6, 6.07) is 1.13. The molecular weight excluding hydrogens is 314 g/mol. The SMILES string of the molecule is CCOC(=O)C1CNCCN1C(=O)c1cc(Br)c[nH]1. The lowest BCUT2D eigenvalue weighted by atomic mass is 10.1. The molecule has 0 spiro atoms. The summed E-state index contributed by atoms with van der Waals surface area (Å²) in [4.78, 5) is 28.7. The second-order valence-electron chi connectivity index (χ2n) is 4.20. The first kappa shape index (κ1) is 14.1. The summed E-state index contributed by atoms with van der Waals surface area (Å²) >= 11 is 3.29. The molecule has 2 N–H and O–H groups in total. The lowest BCUT2D eigenvalue weighted by Crippen LogP contribution is -2.57. The van der Waals surface area contributed by atoms with E-state index in [9.17, 15) is 9.59 Å². The van der Waals surface area contributed by atoms with E-state index in [2.05, 4.69) is 26.2 Å². The van der Waals surface area contributed by atoms with Gasteiger partial charge in [0.2, 0.25) is 0 Å². The molecule has 104 valence electrons. The maximum Gasteiger partial charge on any atom is 0.330 e. The number of aromatic nitrogens is 1. The average molecular weight is 330 g/mol. The van der Waals surface area contributed by atoms with E-state index < -0.39 is 6.04 Å². The molecule has 7 heteroatoms. The van der Waals surface area contributed by atoms with E-state index in [-0.39, 0.29) is 11.9 Å². The van der Waals surface area contributed by atoms with Crippen LogP contribution in [0.5, 0.6) is 0 Å². The molecule has 1 unspecified atom stereocenters. The Bertz CT molecular complexity index is 475. The molecule has 0 bridgehead atoms. The predicted octanol–water partition coefficient (Wildman–Crippen LogP) is 0.754. The number of amides is 1. The van der Waals surface area contributed by atoms with Gasteiger partial charge in [0.25, 0.3) is 5.91 Å². The van der Waals surface area contributed by atoms with Gasteiger partial charge in [-0.05, 0) is 28.9 Å². The Morgan fingerprint density at radius 2 is 2.37 bits per heavy atom. The van der Waals surface area contributed by atoms with Crippen LogP contribution < -0.4 is 5.32 Å². The fourth-order valence-electron chi connectivity index (χ4n) is 2.04. The molecule has 0 aliphatic carbocycles. The van der Waals surface area contributed by atoms with Gasteiger partial charge in [0.05, 0.1) is 6.61 Å². The summed E-state index contributed by atoms with van der Waals surface area (Å²) in [5.41, 5.74) is 0.461. The lowest BCUT2D eigenvalue weighted by molar-refractivity contribution is -0.149. The first-order valence-electron chi connectivity index (χ1n) is 6.15. The minimum Gasteiger partial charge on any atom is -0.464 e. The first-order chi connectivity index (χ1) is 9.13. The second kappa shape index (κ2) is 6.21. The maximum atomic E-state index is 12.4. The molecule has 1 aromatic heterocycles. The zero-order valence-electron chi connectivity index (χ0n) is 10.6. The summed E-state index contributed by atoms with van der Waals surface area (Å²) in [5, 5.41) is 3.10. The second-order valence-corrected chi connectivity index (χ2v) is 5.12. The van der Waals surface area contributed by atoms with Crippen molar-refractivity contribution >= 4 is 27.8 Å². The van der Waals surface area contributed by atoms with Crippen LogP contribution in [0, 0.1) is 0 Å². The van der Waals surface area contributed by atoms with Crippen molar-refractivity contribution in [3.05, 3.63) is 22.4 Å². The van der Waals surface area contributed by atoms with Crippen LogP contribution in [0.3, 0.4) is 0 Å². The maximum absolute atomic E-state index is 12.4. The Morgan fingerprint density at radius 3 is 3.00 bits per heavy atom. The fraction of sp³-hybridized carbons (Fsp3) is 0.500. The summed E-state index contributed by atoms with van der Waals surface area (Å²) in [6.45, 7) is 3.64. The molecule has 0 radical (unpaired) electrons. The van der Waals surface area contributed by atoms with Crippen LogP contribution in [-0.2, 0) is 9.53 Å². The highest BCUT2D eigenvalue weighted by molar-refractivity contribution is 9.10. The number of hydrogen-bond donors (Lipinski definition) is 2. The molecule has 1 aliphatic heterocycles. The molecule has 1 amide bonds. The Hall–Kier alpha value is -1.34. The van der Waals surface area contributed by atoms with E-state index in [4.69, 9.17) is 4.74 Å². The van der Waals surface area contributed by atoms with Crippen LogP contribution in [0.1, 0.15) is 17.4 Å². The number of H-pyrrole nitrogens is 1. The van der Waals surface area contributed by atoms with Gasteiger partial charge in [0, 0.05) is 30.3 Å². The Kier molecular flexibility index (Phi) is 4.60. The standard InChI is InChI=1S/C12H16BrN3O3/c1-2-19-12(18)10-7-14-3-4-16(10)11(17)9-5-8(13)6-15-9/h5-6,10,14-15H,2-4,7H2,1H3. The van der Waals surface area contributed by atoms with Crippen molar-refractivity contribution < 1.29 is 14.3 Å². The summed E-state index contributed by atoms with van der Waals surface area (Å²) < 4.78 is 5.81. The predicted molar refractivity (Wildman–Crippen MR) is 72.8 cm³/mol. The van der Waals surface area contributed by atoms with Gasteiger partial charge >= 0.3 is 5.97 Å². The van der Waals surface area contributed by atoms with Gasteiger partial charge < -0.3 is 19.9 Å². The summed E-state index contributed by atoms with van der Waals surface area (Å²) in [6.07, 6.45) is 1.69. The van der Waals surface area contributed by atoms with Crippen molar-refractivity contribution in [1.82, 2.24) is 15.2 Å². The molecule has 6 nitrogen and oxygen atoms in total. The number of nitrogens with one attached hydrogen (secondary N) is 2. The molecule has 1 saturated heterocycles. The third kappa shape index (κ3) is 3.16. The highest BCUT2D eigenvalue weighted by Crippen LogP contribution is 2.15. The van der Waals surface area contributed by atoms with Crippen molar-refractivity contribution in [2.45, 2.75) is 13.0 Å². The van der Waals surface area contributed by atoms with Gasteiger partial charge in [-0.3, -0.25) is 4.79 Å². The molecule has 1 aromatic rings. The minimum atomic E-state index is -0.566. The zero-order chi connectivity index (χ0) is 13.8. The number of ether oxygens (including phenoxy) is 1. The van der Waals surface area contributed by atoms with Crippen LogP contribution in [-0.4, -0.2) is 54.0 Å². The van der Waals surface area contributed by atoms with Crippen molar-refractivity contribution in [1.29, 1.82) is 0 Å². The highest BCUT2D eigenvalue weighted by atomic mass is 79.9. The van der Waals surface area contributed by atoms with Crippen LogP contribution in [0.15, 0.2) is 16.7 Å². The molecule has 1 aliphatic rings. The van der Waals surface area contributed by atoms with Gasteiger partial charge in [-0.2, -0.15) is 0 Å². The third-order valence-corrected chi connectivity index (χ3v) is 3.40. The monoisotopic (exact) mass is 329 g/mol. The molecular formula is C12H16BrN3O3. The molecule has 0 saturated carbocycles. The van der Waals surface area contributed by atoms with Crippen LogP contribution in [0.2, 0.25) is 0 Å². The largest absolute Gasteiger partial charge is 0.464 e. The zero-order valence-corrected chi connectivity index (χ0v) is 12.2. The number of aromatic amines is 1. The number of nitrogens with zero attached hydrogens (tertiary/aromatic N) is 1. The number of piperazine rings is 1. The van der Waals surface area contributed by atoms with Crippen LogP contribution in [0.4, 0.5) is 0 Å². The van der Waals surface area contributed by atoms with Gasteiger partial charge in [-0.1, -0.05) is 0 Å². The van der Waals surface area contributed by atoms with Crippen molar-refractivity contribution in [3.8, 4) is 0 Å². The quantitative estimate of drug-likeness (QED) is 0.803. The first-order valence-corrected chi connectivity index (χ1v) is 6.95. The summed E-state index contributed by atoms with van der Waals surface area (Å²) in [5.74, 6) is -0.557. The van der Waals surface area contributed by atoms with E-state index in [1.807, 2.05) is 0 Å². The minimum absolute atomic E-state index is 0.190. The molecule has 19 heavy (non-hydrogen) atoms. The lowest BCUT2D eigenvalue weighted by Gasteiger charge is -2.34. The third-order valence-electron chi connectivity index (χ3n) is 2.94. The number of halogens is 1. The van der Waals surface area contributed by atoms with E-state index in [0.717, 1.165) is 4.47 Å². The van der Waals surface area contributed by atoms with Crippen molar-refractivity contribution in [3.63, 3.8) is 0 Å². The molecule has 0 aromatic carbocycles. The van der Waals surface area contributed by atoms with Gasteiger partial charge in [0.15, 0.2) is 0 Å². The topological polar surface area (TPSA) is 74.4 Å². The Balaban J connectivity index is 2.15. The Morgan fingerprint density at radius 1 is 1.58 bits per heavy atom. The fourth-order valence-corrected chi connectivity index (χ4v) is 2.39. The average Bonchev–Trinajstić information content (AvgIpc) is 2.85. The number of carbonyl (C=O) groups excluding carboxylic acids is 2. The van der Waals surface area contributed by atoms with Crippen molar-refractivity contribution in [2.24, 2.45) is 0 Å². The van der Waals surface area contributed by atoms with Gasteiger partial charge in [-0.15, -0.1) is 0 Å². The van der Waals surface area contributed by atoms with Crippen LogP contribution >= 0.6 is 15.9 Å². The highest BCUT2D eigenvalue weighted by Gasteiger charge is 2.34. The normalized spacial score (nSPS) is 19.3. The Labute approximate surface area is 119 Å². The van der Waals surface area contributed by atoms with Gasteiger partial charge in [0.1, 0.15) is 11.7 Å².